The number of piperidine rings is 1. The topological polar surface area (TPSA) is 68.8 Å². The molecule has 0 saturated carbocycles. The van der Waals surface area contributed by atoms with E-state index in [1.807, 2.05) is 6.07 Å². The van der Waals surface area contributed by atoms with Gasteiger partial charge in [0, 0.05) is 43.2 Å². The summed E-state index contributed by atoms with van der Waals surface area (Å²) >= 11 is 0. The van der Waals surface area contributed by atoms with Crippen molar-refractivity contribution in [2.75, 3.05) is 26.2 Å². The van der Waals surface area contributed by atoms with Gasteiger partial charge in [0.1, 0.15) is 0 Å². The van der Waals surface area contributed by atoms with Gasteiger partial charge in [0.15, 0.2) is 5.96 Å². The van der Waals surface area contributed by atoms with E-state index in [1.54, 1.807) is 0 Å². The first-order chi connectivity index (χ1) is 15.3. The second kappa shape index (κ2) is 12.8. The molecule has 1 aromatic carbocycles. The third-order valence-corrected chi connectivity index (χ3v) is 6.37. The number of carbonyl (C=O) groups is 1. The number of rotatable bonds is 10. The Hall–Kier alpha value is -2.08. The zero-order chi connectivity index (χ0) is 23.6. The Morgan fingerprint density at radius 3 is 2.31 bits per heavy atom. The molecule has 1 amide bonds. The monoisotopic (exact) mass is 443 g/mol. The number of nitrogens with one attached hydrogen (secondary N) is 3. The number of benzene rings is 1. The number of hydrogen-bond acceptors (Lipinski definition) is 3. The molecule has 1 heterocycles. The van der Waals surface area contributed by atoms with Crippen molar-refractivity contribution in [3.63, 3.8) is 0 Å². The highest BCUT2D eigenvalue weighted by atomic mass is 16.2. The van der Waals surface area contributed by atoms with Crippen LogP contribution in [0.15, 0.2) is 35.3 Å². The molecule has 0 aromatic heterocycles. The summed E-state index contributed by atoms with van der Waals surface area (Å²) in [6.45, 7) is 16.0. The lowest BCUT2D eigenvalue weighted by molar-refractivity contribution is -0.136. The van der Waals surface area contributed by atoms with Gasteiger partial charge in [-0.15, -0.1) is 0 Å². The summed E-state index contributed by atoms with van der Waals surface area (Å²) in [5.74, 6) is 1.36. The number of nitrogens with zero attached hydrogens (tertiary/aromatic N) is 2. The first kappa shape index (κ1) is 26.2. The minimum Gasteiger partial charge on any atom is -0.357 e. The van der Waals surface area contributed by atoms with Crippen molar-refractivity contribution in [1.82, 2.24) is 20.9 Å². The number of likely N-dealkylation sites (tertiary alicyclic amines) is 1. The summed E-state index contributed by atoms with van der Waals surface area (Å²) in [7, 11) is 0. The van der Waals surface area contributed by atoms with E-state index in [4.69, 9.17) is 4.99 Å². The van der Waals surface area contributed by atoms with Crippen molar-refractivity contribution >= 4 is 11.9 Å². The van der Waals surface area contributed by atoms with Gasteiger partial charge in [-0.2, -0.15) is 0 Å². The summed E-state index contributed by atoms with van der Waals surface area (Å²) in [6, 6.07) is 11.1. The molecular weight excluding hydrogens is 398 g/mol. The molecule has 3 N–H and O–H groups in total. The zero-order valence-corrected chi connectivity index (χ0v) is 21.1. The van der Waals surface area contributed by atoms with Gasteiger partial charge >= 0.3 is 0 Å². The molecule has 1 aliphatic rings. The average molecular weight is 444 g/mol. The molecule has 0 radical (unpaired) electrons. The SMILES string of the molecule is CCNC(=NCC(C)(C)NC(C)c1ccccc1)NC1CCN(C(=O)C(CC)CC)CC1. The van der Waals surface area contributed by atoms with Gasteiger partial charge in [0.2, 0.25) is 5.91 Å². The van der Waals surface area contributed by atoms with Crippen LogP contribution in [-0.4, -0.2) is 54.5 Å². The molecule has 32 heavy (non-hydrogen) atoms. The summed E-state index contributed by atoms with van der Waals surface area (Å²) in [5.41, 5.74) is 1.15. The highest BCUT2D eigenvalue weighted by molar-refractivity contribution is 5.80. The zero-order valence-electron chi connectivity index (χ0n) is 21.1. The van der Waals surface area contributed by atoms with Crippen molar-refractivity contribution < 1.29 is 4.79 Å². The standard InChI is InChI=1S/C26H45N5O/c1-7-21(8-2)24(32)31-17-15-23(16-18-31)29-25(27-9-3)28-19-26(5,6)30-20(4)22-13-11-10-12-14-22/h10-14,20-21,23,30H,7-9,15-19H2,1-6H3,(H2,27,28,29). The van der Waals surface area contributed by atoms with Crippen LogP contribution in [0.1, 0.15) is 78.8 Å². The molecule has 6 nitrogen and oxygen atoms in total. The maximum absolute atomic E-state index is 12.7. The smallest absolute Gasteiger partial charge is 0.225 e. The quantitative estimate of drug-likeness (QED) is 0.376. The third-order valence-electron chi connectivity index (χ3n) is 6.37. The largest absolute Gasteiger partial charge is 0.357 e. The van der Waals surface area contributed by atoms with Crippen LogP contribution < -0.4 is 16.0 Å². The van der Waals surface area contributed by atoms with Crippen LogP contribution in [0.25, 0.3) is 0 Å². The van der Waals surface area contributed by atoms with Gasteiger partial charge in [-0.05, 0) is 58.9 Å². The number of amides is 1. The van der Waals surface area contributed by atoms with E-state index in [9.17, 15) is 4.79 Å². The fourth-order valence-corrected chi connectivity index (χ4v) is 4.39. The van der Waals surface area contributed by atoms with Gasteiger partial charge in [-0.1, -0.05) is 44.2 Å². The van der Waals surface area contributed by atoms with Crippen LogP contribution in [0.5, 0.6) is 0 Å². The highest BCUT2D eigenvalue weighted by Gasteiger charge is 2.27. The molecule has 0 aliphatic carbocycles. The molecule has 1 saturated heterocycles. The third kappa shape index (κ3) is 8.12. The predicted octanol–water partition coefficient (Wildman–Crippen LogP) is 4.10. The van der Waals surface area contributed by atoms with E-state index >= 15 is 0 Å². The van der Waals surface area contributed by atoms with Gasteiger partial charge in [0.25, 0.3) is 0 Å². The van der Waals surface area contributed by atoms with Crippen molar-refractivity contribution in [1.29, 1.82) is 0 Å². The van der Waals surface area contributed by atoms with Gasteiger partial charge in [-0.25, -0.2) is 0 Å². The Morgan fingerprint density at radius 2 is 1.75 bits per heavy atom. The summed E-state index contributed by atoms with van der Waals surface area (Å²) in [5, 5.41) is 10.7. The van der Waals surface area contributed by atoms with E-state index < -0.39 is 0 Å². The Bertz CT molecular complexity index is 706. The van der Waals surface area contributed by atoms with Crippen molar-refractivity contribution in [3.8, 4) is 0 Å². The van der Waals surface area contributed by atoms with Gasteiger partial charge in [0.05, 0.1) is 6.54 Å². The maximum Gasteiger partial charge on any atom is 0.225 e. The summed E-state index contributed by atoms with van der Waals surface area (Å²) < 4.78 is 0. The Morgan fingerprint density at radius 1 is 1.12 bits per heavy atom. The van der Waals surface area contributed by atoms with E-state index in [1.165, 1.54) is 5.56 Å². The van der Waals surface area contributed by atoms with Gasteiger partial charge in [-0.3, -0.25) is 9.79 Å². The summed E-state index contributed by atoms with van der Waals surface area (Å²) in [6.07, 6.45) is 3.78. The lowest BCUT2D eigenvalue weighted by Crippen LogP contribution is -2.51. The van der Waals surface area contributed by atoms with Crippen LogP contribution in [0.3, 0.4) is 0 Å². The number of aliphatic imine (C=N–C) groups is 1. The second-order valence-electron chi connectivity index (χ2n) is 9.61. The number of hydrogen-bond donors (Lipinski definition) is 3. The Balaban J connectivity index is 1.89. The van der Waals surface area contributed by atoms with Gasteiger partial charge < -0.3 is 20.9 Å². The molecule has 1 aliphatic heterocycles. The Kier molecular flexibility index (Phi) is 10.5. The predicted molar refractivity (Wildman–Crippen MR) is 135 cm³/mol. The van der Waals surface area contributed by atoms with Crippen LogP contribution in [0, 0.1) is 5.92 Å². The maximum atomic E-state index is 12.7. The molecule has 6 heteroatoms. The second-order valence-corrected chi connectivity index (χ2v) is 9.61. The van der Waals surface area contributed by atoms with E-state index in [0.29, 0.717) is 18.5 Å². The molecular formula is C26H45N5O. The van der Waals surface area contributed by atoms with E-state index in [0.717, 1.165) is 51.3 Å². The molecule has 2 rings (SSSR count). The molecule has 1 atom stereocenters. The van der Waals surface area contributed by atoms with Crippen LogP contribution in [-0.2, 0) is 4.79 Å². The molecule has 180 valence electrons. The number of carbonyl (C=O) groups excluding carboxylic acids is 1. The van der Waals surface area contributed by atoms with Crippen LogP contribution in [0.2, 0.25) is 0 Å². The van der Waals surface area contributed by atoms with Crippen LogP contribution in [0.4, 0.5) is 0 Å². The fraction of sp³-hybridized carbons (Fsp3) is 0.692. The normalized spacial score (nSPS) is 16.8. The average Bonchev–Trinajstić information content (AvgIpc) is 2.79. The number of guanidine groups is 1. The minimum absolute atomic E-state index is 0.136. The minimum atomic E-state index is -0.136. The first-order valence-electron chi connectivity index (χ1n) is 12.5. The highest BCUT2D eigenvalue weighted by Crippen LogP contribution is 2.18. The molecule has 0 spiro atoms. The Labute approximate surface area is 195 Å². The fourth-order valence-electron chi connectivity index (χ4n) is 4.39. The first-order valence-corrected chi connectivity index (χ1v) is 12.5. The lowest BCUT2D eigenvalue weighted by Gasteiger charge is -2.35. The molecule has 1 unspecified atom stereocenters. The molecule has 0 bridgehead atoms. The van der Waals surface area contributed by atoms with Crippen molar-refractivity contribution in [2.24, 2.45) is 10.9 Å². The van der Waals surface area contributed by atoms with E-state index in [-0.39, 0.29) is 17.5 Å². The van der Waals surface area contributed by atoms with Crippen molar-refractivity contribution in [2.45, 2.75) is 84.8 Å². The van der Waals surface area contributed by atoms with Crippen LogP contribution >= 0.6 is 0 Å². The lowest BCUT2D eigenvalue weighted by atomic mass is 9.98. The van der Waals surface area contributed by atoms with E-state index in [2.05, 4.69) is 86.7 Å². The van der Waals surface area contributed by atoms with Crippen molar-refractivity contribution in [3.05, 3.63) is 35.9 Å². The molecule has 1 fully saturated rings. The molecule has 1 aromatic rings. The summed E-state index contributed by atoms with van der Waals surface area (Å²) in [4.78, 5) is 19.6.